The molecule has 1 fully saturated rings. The molecule has 0 aromatic heterocycles. The number of alkyl halides is 1. The summed E-state index contributed by atoms with van der Waals surface area (Å²) in [6.07, 6.45) is 1.81. The Morgan fingerprint density at radius 2 is 2.11 bits per heavy atom. The molecule has 1 saturated carbocycles. The SMILES string of the molecule is O=S(=O)(CCCl)N(Cc1cccc(O)c1)C1CC1. The van der Waals surface area contributed by atoms with Gasteiger partial charge in [-0.15, -0.1) is 11.6 Å². The average Bonchev–Trinajstić information content (AvgIpc) is 3.09. The third-order valence-electron chi connectivity index (χ3n) is 2.90. The van der Waals surface area contributed by atoms with Crippen molar-refractivity contribution in [2.45, 2.75) is 25.4 Å². The molecule has 0 saturated heterocycles. The van der Waals surface area contributed by atoms with Gasteiger partial charge in [0, 0.05) is 18.5 Å². The van der Waals surface area contributed by atoms with Crippen LogP contribution in [0.2, 0.25) is 0 Å². The summed E-state index contributed by atoms with van der Waals surface area (Å²) in [5, 5.41) is 9.40. The molecule has 0 radical (unpaired) electrons. The summed E-state index contributed by atoms with van der Waals surface area (Å²) in [4.78, 5) is 0. The first-order valence-corrected chi connectivity index (χ1v) is 8.00. The van der Waals surface area contributed by atoms with Crippen molar-refractivity contribution < 1.29 is 13.5 Å². The zero-order chi connectivity index (χ0) is 13.2. The van der Waals surface area contributed by atoms with Gasteiger partial charge in [0.25, 0.3) is 0 Å². The highest BCUT2D eigenvalue weighted by Gasteiger charge is 2.36. The van der Waals surface area contributed by atoms with Gasteiger partial charge in [0.1, 0.15) is 5.75 Å². The first kappa shape index (κ1) is 13.6. The second kappa shape index (κ2) is 5.47. The fourth-order valence-electron chi connectivity index (χ4n) is 1.87. The average molecular weight is 290 g/mol. The van der Waals surface area contributed by atoms with E-state index in [0.29, 0.717) is 6.54 Å². The van der Waals surface area contributed by atoms with Crippen molar-refractivity contribution in [3.8, 4) is 5.75 Å². The summed E-state index contributed by atoms with van der Waals surface area (Å²) >= 11 is 5.54. The molecule has 4 nitrogen and oxygen atoms in total. The van der Waals surface area contributed by atoms with Gasteiger partial charge in [-0.05, 0) is 30.5 Å². The fourth-order valence-corrected chi connectivity index (χ4v) is 3.89. The van der Waals surface area contributed by atoms with E-state index >= 15 is 0 Å². The highest BCUT2D eigenvalue weighted by atomic mass is 35.5. The van der Waals surface area contributed by atoms with E-state index in [1.807, 2.05) is 6.07 Å². The van der Waals surface area contributed by atoms with Crippen molar-refractivity contribution in [2.75, 3.05) is 11.6 Å². The van der Waals surface area contributed by atoms with Gasteiger partial charge in [-0.1, -0.05) is 12.1 Å². The lowest BCUT2D eigenvalue weighted by Gasteiger charge is -2.21. The summed E-state index contributed by atoms with van der Waals surface area (Å²) in [7, 11) is -3.30. The van der Waals surface area contributed by atoms with E-state index in [9.17, 15) is 13.5 Å². The topological polar surface area (TPSA) is 57.6 Å². The summed E-state index contributed by atoms with van der Waals surface area (Å²) in [6, 6.07) is 6.78. The van der Waals surface area contributed by atoms with Crippen LogP contribution in [0.25, 0.3) is 0 Å². The van der Waals surface area contributed by atoms with E-state index in [-0.39, 0.29) is 23.4 Å². The van der Waals surface area contributed by atoms with Crippen LogP contribution in [0.4, 0.5) is 0 Å². The Balaban J connectivity index is 2.17. The Morgan fingerprint density at radius 3 is 2.67 bits per heavy atom. The lowest BCUT2D eigenvalue weighted by molar-refractivity contribution is 0.398. The molecule has 2 rings (SSSR count). The highest BCUT2D eigenvalue weighted by molar-refractivity contribution is 7.89. The molecule has 18 heavy (non-hydrogen) atoms. The van der Waals surface area contributed by atoms with Gasteiger partial charge in [0.2, 0.25) is 10.0 Å². The van der Waals surface area contributed by atoms with Gasteiger partial charge in [-0.25, -0.2) is 8.42 Å². The zero-order valence-corrected chi connectivity index (χ0v) is 11.5. The van der Waals surface area contributed by atoms with E-state index in [2.05, 4.69) is 0 Å². The first-order valence-electron chi connectivity index (χ1n) is 5.86. The highest BCUT2D eigenvalue weighted by Crippen LogP contribution is 2.31. The molecule has 0 bridgehead atoms. The molecule has 6 heteroatoms. The lowest BCUT2D eigenvalue weighted by atomic mass is 10.2. The summed E-state index contributed by atoms with van der Waals surface area (Å²) in [5.74, 6) is 0.216. The molecule has 100 valence electrons. The normalized spacial score (nSPS) is 16.1. The van der Waals surface area contributed by atoms with Crippen LogP contribution in [0.1, 0.15) is 18.4 Å². The summed E-state index contributed by atoms with van der Waals surface area (Å²) in [5.41, 5.74) is 0.792. The maximum atomic E-state index is 12.1. The minimum Gasteiger partial charge on any atom is -0.508 e. The first-order chi connectivity index (χ1) is 8.53. The predicted octanol–water partition coefficient (Wildman–Crippen LogP) is 1.93. The van der Waals surface area contributed by atoms with Crippen molar-refractivity contribution in [3.05, 3.63) is 29.8 Å². The number of nitrogens with zero attached hydrogens (tertiary/aromatic N) is 1. The van der Waals surface area contributed by atoms with Crippen molar-refractivity contribution in [1.82, 2.24) is 4.31 Å². The maximum Gasteiger partial charge on any atom is 0.215 e. The van der Waals surface area contributed by atoms with Crippen molar-refractivity contribution in [2.24, 2.45) is 0 Å². The van der Waals surface area contributed by atoms with Crippen LogP contribution in [-0.2, 0) is 16.6 Å². The largest absolute Gasteiger partial charge is 0.508 e. The monoisotopic (exact) mass is 289 g/mol. The van der Waals surface area contributed by atoms with Crippen molar-refractivity contribution in [3.63, 3.8) is 0 Å². The minimum absolute atomic E-state index is 0.0378. The van der Waals surface area contributed by atoms with E-state index in [1.54, 1.807) is 18.2 Å². The van der Waals surface area contributed by atoms with Crippen molar-refractivity contribution >= 4 is 21.6 Å². The Hall–Kier alpha value is -0.780. The molecule has 0 amide bonds. The number of aromatic hydroxyl groups is 1. The number of hydrogen-bond acceptors (Lipinski definition) is 3. The van der Waals surface area contributed by atoms with Gasteiger partial charge in [-0.3, -0.25) is 0 Å². The molecule has 1 aromatic carbocycles. The number of phenols is 1. The molecule has 1 aliphatic carbocycles. The summed E-state index contributed by atoms with van der Waals surface area (Å²) in [6.45, 7) is 0.304. The molecule has 1 aromatic rings. The van der Waals surface area contributed by atoms with E-state index in [1.165, 1.54) is 4.31 Å². The third-order valence-corrected chi connectivity index (χ3v) is 5.17. The van der Waals surface area contributed by atoms with E-state index in [4.69, 9.17) is 11.6 Å². The molecule has 0 unspecified atom stereocenters. The molecule has 0 spiro atoms. The molecule has 0 heterocycles. The minimum atomic E-state index is -3.30. The number of benzene rings is 1. The van der Waals surface area contributed by atoms with Gasteiger partial charge < -0.3 is 5.11 Å². The predicted molar refractivity (Wildman–Crippen MR) is 71.2 cm³/mol. The standard InChI is InChI=1S/C12H16ClNO3S/c13-6-7-18(16,17)14(11-4-5-11)9-10-2-1-3-12(15)8-10/h1-3,8,11,15H,4-7,9H2. The second-order valence-electron chi connectivity index (χ2n) is 4.45. The smallest absolute Gasteiger partial charge is 0.215 e. The van der Waals surface area contributed by atoms with Gasteiger partial charge >= 0.3 is 0 Å². The van der Waals surface area contributed by atoms with E-state index < -0.39 is 10.0 Å². The molecule has 0 aliphatic heterocycles. The number of hydrogen-bond donors (Lipinski definition) is 1. The fraction of sp³-hybridized carbons (Fsp3) is 0.500. The molecule has 1 N–H and O–H groups in total. The molecule has 1 aliphatic rings. The van der Waals surface area contributed by atoms with Crippen LogP contribution >= 0.6 is 11.6 Å². The van der Waals surface area contributed by atoms with Crippen LogP contribution in [-0.4, -0.2) is 35.5 Å². The van der Waals surface area contributed by atoms with E-state index in [0.717, 1.165) is 18.4 Å². The summed E-state index contributed by atoms with van der Waals surface area (Å²) < 4.78 is 25.7. The van der Waals surface area contributed by atoms with Crippen LogP contribution in [0.5, 0.6) is 5.75 Å². The Bertz CT molecular complexity index is 514. The number of sulfonamides is 1. The number of rotatable bonds is 6. The number of phenolic OH excluding ortho intramolecular Hbond substituents is 1. The van der Waals surface area contributed by atoms with Gasteiger partial charge in [0.05, 0.1) is 5.75 Å². The molecular formula is C12H16ClNO3S. The van der Waals surface area contributed by atoms with Crippen molar-refractivity contribution in [1.29, 1.82) is 0 Å². The van der Waals surface area contributed by atoms with Crippen LogP contribution in [0, 0.1) is 0 Å². The lowest BCUT2D eigenvalue weighted by Crippen LogP contribution is -2.34. The molecule has 0 atom stereocenters. The molecular weight excluding hydrogens is 274 g/mol. The van der Waals surface area contributed by atoms with Crippen LogP contribution in [0.15, 0.2) is 24.3 Å². The zero-order valence-electron chi connectivity index (χ0n) is 9.92. The Labute approximate surface area is 112 Å². The Kier molecular flexibility index (Phi) is 4.14. The van der Waals surface area contributed by atoms with Crippen LogP contribution < -0.4 is 0 Å². The van der Waals surface area contributed by atoms with Crippen LogP contribution in [0.3, 0.4) is 0 Å². The maximum absolute atomic E-state index is 12.1. The quantitative estimate of drug-likeness (QED) is 0.814. The Morgan fingerprint density at radius 1 is 1.39 bits per heavy atom. The third kappa shape index (κ3) is 3.37. The second-order valence-corrected chi connectivity index (χ2v) is 6.87. The van der Waals surface area contributed by atoms with Gasteiger partial charge in [-0.2, -0.15) is 4.31 Å². The van der Waals surface area contributed by atoms with Gasteiger partial charge in [0.15, 0.2) is 0 Å². The number of halogens is 1.